The average Bonchev–Trinajstić information content (AvgIpc) is 3.13. The van der Waals surface area contributed by atoms with Gasteiger partial charge in [0.25, 0.3) is 0 Å². The van der Waals surface area contributed by atoms with Crippen LogP contribution in [0.2, 0.25) is 5.02 Å². The molecule has 26 heavy (non-hydrogen) atoms. The molecule has 1 aliphatic heterocycles. The van der Waals surface area contributed by atoms with E-state index in [1.807, 2.05) is 30.8 Å². The number of hydrogen-bond donors (Lipinski definition) is 2. The quantitative estimate of drug-likeness (QED) is 0.308. The molecule has 0 aromatic heterocycles. The molecule has 1 aromatic rings. The predicted molar refractivity (Wildman–Crippen MR) is 123 cm³/mol. The molecule has 0 radical (unpaired) electrons. The van der Waals surface area contributed by atoms with E-state index in [9.17, 15) is 0 Å². The van der Waals surface area contributed by atoms with Crippen LogP contribution >= 0.6 is 47.3 Å². The van der Waals surface area contributed by atoms with Crippen LogP contribution in [0.15, 0.2) is 17.1 Å². The molecule has 0 aliphatic carbocycles. The van der Waals surface area contributed by atoms with E-state index in [1.54, 1.807) is 7.11 Å². The molecule has 0 bridgehead atoms. The maximum atomic E-state index is 6.33. The van der Waals surface area contributed by atoms with E-state index in [0.29, 0.717) is 34.9 Å². The number of benzene rings is 1. The molecule has 5 nitrogen and oxygen atoms in total. The van der Waals surface area contributed by atoms with Crippen molar-refractivity contribution >= 4 is 53.3 Å². The van der Waals surface area contributed by atoms with Crippen LogP contribution in [-0.4, -0.2) is 43.8 Å². The summed E-state index contributed by atoms with van der Waals surface area (Å²) in [5.41, 5.74) is 0.984. The van der Waals surface area contributed by atoms with E-state index < -0.39 is 0 Å². The monoisotopic (exact) mass is 513 g/mol. The highest BCUT2D eigenvalue weighted by atomic mass is 127. The second-order valence-electron chi connectivity index (χ2n) is 5.75. The van der Waals surface area contributed by atoms with Crippen LogP contribution in [0, 0.1) is 0 Å². The van der Waals surface area contributed by atoms with Crippen molar-refractivity contribution < 1.29 is 9.47 Å². The number of rotatable bonds is 8. The molecule has 8 heteroatoms. The first-order valence-electron chi connectivity index (χ1n) is 8.80. The summed E-state index contributed by atoms with van der Waals surface area (Å²) in [4.78, 5) is 4.67. The molecule has 1 aliphatic rings. The lowest BCUT2D eigenvalue weighted by molar-refractivity contribution is 0.311. The Kier molecular flexibility index (Phi) is 11.5. The van der Waals surface area contributed by atoms with E-state index in [2.05, 4.69) is 22.5 Å². The van der Waals surface area contributed by atoms with Crippen LogP contribution in [0.25, 0.3) is 0 Å². The highest BCUT2D eigenvalue weighted by molar-refractivity contribution is 14.0. The molecule has 1 heterocycles. The first-order chi connectivity index (χ1) is 12.2. The Hall–Kier alpha value is -0.540. The van der Waals surface area contributed by atoms with Crippen molar-refractivity contribution in [3.8, 4) is 11.5 Å². The van der Waals surface area contributed by atoms with Crippen molar-refractivity contribution in [2.24, 2.45) is 4.99 Å². The molecule has 0 saturated carbocycles. The van der Waals surface area contributed by atoms with Crippen molar-refractivity contribution in [3.63, 3.8) is 0 Å². The fraction of sp³-hybridized carbons (Fsp3) is 0.611. The summed E-state index contributed by atoms with van der Waals surface area (Å²) in [6, 6.07) is 3.81. The number of hydrogen-bond acceptors (Lipinski definition) is 4. The Bertz CT molecular complexity index is 584. The van der Waals surface area contributed by atoms with Crippen LogP contribution in [0.5, 0.6) is 11.5 Å². The number of nitrogens with one attached hydrogen (secondary N) is 2. The Morgan fingerprint density at radius 2 is 2.15 bits per heavy atom. The van der Waals surface area contributed by atoms with E-state index in [4.69, 9.17) is 21.1 Å². The van der Waals surface area contributed by atoms with Crippen molar-refractivity contribution in [2.75, 3.05) is 32.6 Å². The fourth-order valence-corrected chi connectivity index (χ4v) is 4.17. The third kappa shape index (κ3) is 7.23. The zero-order chi connectivity index (χ0) is 18.1. The normalized spacial score (nSPS) is 16.8. The van der Waals surface area contributed by atoms with Gasteiger partial charge in [-0.3, -0.25) is 0 Å². The molecule has 1 fully saturated rings. The van der Waals surface area contributed by atoms with Crippen LogP contribution in [0.1, 0.15) is 32.3 Å². The molecule has 1 unspecified atom stereocenters. The first kappa shape index (κ1) is 23.5. The zero-order valence-corrected chi connectivity index (χ0v) is 19.5. The lowest BCUT2D eigenvalue weighted by atomic mass is 10.2. The number of thioether (sulfide) groups is 1. The molecule has 1 atom stereocenters. The summed E-state index contributed by atoms with van der Waals surface area (Å²) in [6.45, 7) is 6.83. The van der Waals surface area contributed by atoms with Crippen LogP contribution < -0.4 is 20.1 Å². The smallest absolute Gasteiger partial charge is 0.191 e. The zero-order valence-electron chi connectivity index (χ0n) is 15.6. The number of halogens is 2. The number of ether oxygens (including phenoxy) is 2. The summed E-state index contributed by atoms with van der Waals surface area (Å²) in [5, 5.41) is 7.96. The molecule has 2 N–H and O–H groups in total. The molecule has 1 aromatic carbocycles. The Morgan fingerprint density at radius 3 is 2.77 bits per heavy atom. The predicted octanol–water partition coefficient (Wildman–Crippen LogP) is 4.32. The third-order valence-corrected chi connectivity index (χ3v) is 5.54. The molecule has 0 amide bonds. The molecule has 2 rings (SSSR count). The van der Waals surface area contributed by atoms with E-state index in [0.717, 1.165) is 24.6 Å². The van der Waals surface area contributed by atoms with Gasteiger partial charge in [-0.15, -0.1) is 24.0 Å². The van der Waals surface area contributed by atoms with Gasteiger partial charge in [-0.05, 0) is 50.1 Å². The van der Waals surface area contributed by atoms with E-state index in [1.165, 1.54) is 18.6 Å². The van der Waals surface area contributed by atoms with Crippen LogP contribution in [0.3, 0.4) is 0 Å². The van der Waals surface area contributed by atoms with Gasteiger partial charge in [-0.1, -0.05) is 11.6 Å². The van der Waals surface area contributed by atoms with Crippen molar-refractivity contribution in [3.05, 3.63) is 22.7 Å². The van der Waals surface area contributed by atoms with Crippen molar-refractivity contribution in [2.45, 2.75) is 38.5 Å². The van der Waals surface area contributed by atoms with Crippen LogP contribution in [0.4, 0.5) is 0 Å². The lowest BCUT2D eigenvalue weighted by Crippen LogP contribution is -2.40. The van der Waals surface area contributed by atoms with Gasteiger partial charge < -0.3 is 20.1 Å². The number of methoxy groups -OCH3 is 1. The highest BCUT2D eigenvalue weighted by Gasteiger charge is 2.16. The molecular formula is C18H29ClIN3O2S. The maximum absolute atomic E-state index is 6.33. The standard InChI is InChI=1S/C18H28ClN3O2S.HI/c1-4-20-18(22-12-14-7-6-8-25-14)21-11-13-9-15(19)17(24-5-2)16(10-13)23-3;/h9-10,14H,4-8,11-12H2,1-3H3,(H2,20,21,22);1H. The van der Waals surface area contributed by atoms with Crippen molar-refractivity contribution in [1.29, 1.82) is 0 Å². The molecule has 1 saturated heterocycles. The van der Waals surface area contributed by atoms with Crippen molar-refractivity contribution in [1.82, 2.24) is 10.6 Å². The van der Waals surface area contributed by atoms with E-state index >= 15 is 0 Å². The summed E-state index contributed by atoms with van der Waals surface area (Å²) in [7, 11) is 1.62. The summed E-state index contributed by atoms with van der Waals surface area (Å²) in [6.07, 6.45) is 2.60. The molecule has 0 spiro atoms. The summed E-state index contributed by atoms with van der Waals surface area (Å²) < 4.78 is 11.0. The summed E-state index contributed by atoms with van der Waals surface area (Å²) >= 11 is 8.37. The van der Waals surface area contributed by atoms with Gasteiger partial charge in [0.1, 0.15) is 0 Å². The first-order valence-corrected chi connectivity index (χ1v) is 10.2. The minimum absolute atomic E-state index is 0. The second kappa shape index (κ2) is 12.8. The Labute approximate surface area is 183 Å². The van der Waals surface area contributed by atoms with Gasteiger partial charge in [0.2, 0.25) is 0 Å². The van der Waals surface area contributed by atoms with Gasteiger partial charge in [0.05, 0.1) is 25.3 Å². The third-order valence-electron chi connectivity index (χ3n) is 3.86. The Morgan fingerprint density at radius 1 is 1.35 bits per heavy atom. The fourth-order valence-electron chi connectivity index (χ4n) is 2.68. The SMILES string of the molecule is CCNC(=NCc1cc(Cl)c(OCC)c(OC)c1)NCC1CCCS1.I. The topological polar surface area (TPSA) is 54.9 Å². The number of aliphatic imine (C=N–C) groups is 1. The largest absolute Gasteiger partial charge is 0.493 e. The van der Waals surface area contributed by atoms with E-state index in [-0.39, 0.29) is 24.0 Å². The lowest BCUT2D eigenvalue weighted by Gasteiger charge is -2.15. The van der Waals surface area contributed by atoms with Gasteiger partial charge in [0.15, 0.2) is 17.5 Å². The Balaban J connectivity index is 0.00000338. The minimum Gasteiger partial charge on any atom is -0.493 e. The van der Waals surface area contributed by atoms with Gasteiger partial charge in [0, 0.05) is 18.3 Å². The minimum atomic E-state index is 0. The molecular weight excluding hydrogens is 485 g/mol. The maximum Gasteiger partial charge on any atom is 0.191 e. The van der Waals surface area contributed by atoms with Gasteiger partial charge in [-0.2, -0.15) is 11.8 Å². The summed E-state index contributed by atoms with van der Waals surface area (Å²) in [5.74, 6) is 3.33. The van der Waals surface area contributed by atoms with Crippen LogP contribution in [-0.2, 0) is 6.54 Å². The number of guanidine groups is 1. The highest BCUT2D eigenvalue weighted by Crippen LogP contribution is 2.36. The van der Waals surface area contributed by atoms with Gasteiger partial charge in [-0.25, -0.2) is 4.99 Å². The average molecular weight is 514 g/mol. The molecule has 148 valence electrons. The number of nitrogens with zero attached hydrogens (tertiary/aromatic N) is 1. The van der Waals surface area contributed by atoms with Gasteiger partial charge >= 0.3 is 0 Å². The second-order valence-corrected chi connectivity index (χ2v) is 7.57.